The zero-order valence-electron chi connectivity index (χ0n) is 16.0. The van der Waals surface area contributed by atoms with Crippen LogP contribution >= 0.6 is 23.2 Å². The monoisotopic (exact) mass is 405 g/mol. The highest BCUT2D eigenvalue weighted by atomic mass is 35.5. The molecule has 0 aliphatic carbocycles. The highest BCUT2D eigenvalue weighted by Gasteiger charge is 2.18. The molecule has 5 nitrogen and oxygen atoms in total. The summed E-state index contributed by atoms with van der Waals surface area (Å²) in [6.45, 7) is 6.94. The van der Waals surface area contributed by atoms with Crippen LogP contribution in [0.15, 0.2) is 18.2 Å². The Morgan fingerprint density at radius 1 is 1.04 bits per heavy atom. The Morgan fingerprint density at radius 2 is 1.81 bits per heavy atom. The molecule has 0 atom stereocenters. The lowest BCUT2D eigenvalue weighted by Crippen LogP contribution is -2.11. The van der Waals surface area contributed by atoms with Crippen molar-refractivity contribution in [1.82, 2.24) is 19.6 Å². The molecular formula is C20H25Cl2N5. The van der Waals surface area contributed by atoms with Crippen LogP contribution in [0.2, 0.25) is 10.0 Å². The molecule has 3 rings (SSSR count). The summed E-state index contributed by atoms with van der Waals surface area (Å²) in [6.07, 6.45) is 6.15. The Bertz CT molecular complexity index is 936. The third kappa shape index (κ3) is 4.53. The Hall–Kier alpha value is -1.85. The van der Waals surface area contributed by atoms with Crippen LogP contribution in [0.1, 0.15) is 50.5 Å². The van der Waals surface area contributed by atoms with Gasteiger partial charge in [0.1, 0.15) is 5.82 Å². The number of aromatic nitrogens is 4. The summed E-state index contributed by atoms with van der Waals surface area (Å²) in [7, 11) is 0. The van der Waals surface area contributed by atoms with Crippen molar-refractivity contribution in [2.45, 2.75) is 52.9 Å². The fraction of sp³-hybridized carbons (Fsp3) is 0.450. The third-order valence-electron chi connectivity index (χ3n) is 4.54. The number of rotatable bonds is 8. The van der Waals surface area contributed by atoms with Gasteiger partial charge in [0.25, 0.3) is 0 Å². The fourth-order valence-electron chi connectivity index (χ4n) is 3.20. The molecule has 0 aliphatic rings. The number of anilines is 1. The Kier molecular flexibility index (Phi) is 6.55. The summed E-state index contributed by atoms with van der Waals surface area (Å²) < 4.78 is 1.77. The summed E-state index contributed by atoms with van der Waals surface area (Å²) >= 11 is 12.5. The Balaban J connectivity index is 1.92. The highest BCUT2D eigenvalue weighted by Crippen LogP contribution is 2.35. The van der Waals surface area contributed by atoms with E-state index in [1.165, 1.54) is 25.7 Å². The molecule has 0 fully saturated rings. The number of hydrogen-bond acceptors (Lipinski definition) is 4. The van der Waals surface area contributed by atoms with Gasteiger partial charge < -0.3 is 5.32 Å². The van der Waals surface area contributed by atoms with Gasteiger partial charge in [0.15, 0.2) is 5.65 Å². The van der Waals surface area contributed by atoms with E-state index in [4.69, 9.17) is 23.2 Å². The van der Waals surface area contributed by atoms with Gasteiger partial charge in [0, 0.05) is 17.1 Å². The minimum Gasteiger partial charge on any atom is -0.354 e. The molecule has 0 saturated heterocycles. The van der Waals surface area contributed by atoms with Crippen LogP contribution in [0.4, 0.5) is 5.95 Å². The molecule has 27 heavy (non-hydrogen) atoms. The summed E-state index contributed by atoms with van der Waals surface area (Å²) in [6, 6.07) is 5.48. The molecule has 1 N–H and O–H groups in total. The topological polar surface area (TPSA) is 55.1 Å². The second-order valence-electron chi connectivity index (χ2n) is 6.76. The van der Waals surface area contributed by atoms with E-state index < -0.39 is 0 Å². The molecule has 0 aliphatic heterocycles. The average Bonchev–Trinajstić information content (AvgIpc) is 2.94. The normalized spacial score (nSPS) is 11.3. The first-order chi connectivity index (χ1) is 13.0. The first-order valence-corrected chi connectivity index (χ1v) is 10.2. The lowest BCUT2D eigenvalue weighted by Gasteiger charge is -2.09. The minimum absolute atomic E-state index is 0.585. The van der Waals surface area contributed by atoms with Crippen molar-refractivity contribution >= 4 is 34.8 Å². The van der Waals surface area contributed by atoms with Gasteiger partial charge in [0.2, 0.25) is 5.95 Å². The van der Waals surface area contributed by atoms with E-state index in [-0.39, 0.29) is 0 Å². The maximum absolute atomic E-state index is 6.44. The zero-order chi connectivity index (χ0) is 19.4. The highest BCUT2D eigenvalue weighted by molar-refractivity contribution is 6.36. The summed E-state index contributed by atoms with van der Waals surface area (Å²) in [4.78, 5) is 9.17. The Labute approximate surface area is 170 Å². The number of aryl methyl sites for hydroxylation is 2. The van der Waals surface area contributed by atoms with Crippen LogP contribution in [0.25, 0.3) is 16.8 Å². The molecule has 2 heterocycles. The molecule has 0 unspecified atom stereocenters. The number of unbranched alkanes of at least 4 members (excludes halogenated alkanes) is 4. The van der Waals surface area contributed by atoms with Gasteiger partial charge >= 0.3 is 0 Å². The molecule has 3 aromatic rings. The number of nitrogens with one attached hydrogen (secondary N) is 1. The molecule has 0 bridgehead atoms. The third-order valence-corrected chi connectivity index (χ3v) is 5.08. The van der Waals surface area contributed by atoms with Gasteiger partial charge in [-0.1, -0.05) is 61.9 Å². The first-order valence-electron chi connectivity index (χ1n) is 9.44. The van der Waals surface area contributed by atoms with Crippen LogP contribution < -0.4 is 5.32 Å². The Morgan fingerprint density at radius 3 is 2.56 bits per heavy atom. The zero-order valence-corrected chi connectivity index (χ0v) is 17.5. The van der Waals surface area contributed by atoms with Gasteiger partial charge in [-0.2, -0.15) is 14.6 Å². The standard InChI is InChI=1S/C20H25Cl2N5/c1-4-5-6-7-8-11-23-20-25-14(3)24-19-18(13(2)26-27(19)20)16-10-9-15(21)12-17(16)22/h9-10,12H,4-8,11H2,1-3H3,(H,23,24,25). The number of hydrogen-bond donors (Lipinski definition) is 1. The first kappa shape index (κ1) is 19.9. The summed E-state index contributed by atoms with van der Waals surface area (Å²) in [5, 5.41) is 9.27. The lowest BCUT2D eigenvalue weighted by atomic mass is 10.1. The maximum atomic E-state index is 6.44. The van der Waals surface area contributed by atoms with E-state index in [1.54, 1.807) is 10.6 Å². The smallest absolute Gasteiger partial charge is 0.227 e. The van der Waals surface area contributed by atoms with Crippen molar-refractivity contribution in [3.8, 4) is 11.1 Å². The molecule has 7 heteroatoms. The molecule has 0 saturated carbocycles. The minimum atomic E-state index is 0.585. The molecule has 0 amide bonds. The second kappa shape index (κ2) is 8.89. The molecule has 0 spiro atoms. The number of nitrogens with zero attached hydrogens (tertiary/aromatic N) is 4. The van der Waals surface area contributed by atoms with E-state index in [0.29, 0.717) is 21.8 Å². The molecule has 1 aromatic carbocycles. The van der Waals surface area contributed by atoms with Gasteiger partial charge in [-0.25, -0.2) is 4.98 Å². The van der Waals surface area contributed by atoms with Crippen LogP contribution in [0.5, 0.6) is 0 Å². The number of benzene rings is 1. The predicted octanol–water partition coefficient (Wildman–Crippen LogP) is 6.10. The van der Waals surface area contributed by atoms with Gasteiger partial charge in [0.05, 0.1) is 16.3 Å². The van der Waals surface area contributed by atoms with E-state index in [9.17, 15) is 0 Å². The number of fused-ring (bicyclic) bond motifs is 1. The van der Waals surface area contributed by atoms with E-state index in [2.05, 4.69) is 27.3 Å². The molecule has 144 valence electrons. The van der Waals surface area contributed by atoms with Crippen LogP contribution in [0, 0.1) is 13.8 Å². The van der Waals surface area contributed by atoms with E-state index in [0.717, 1.165) is 35.4 Å². The molecule has 2 aromatic heterocycles. The quantitative estimate of drug-likeness (QED) is 0.460. The van der Waals surface area contributed by atoms with Gasteiger partial charge in [-0.15, -0.1) is 0 Å². The average molecular weight is 406 g/mol. The van der Waals surface area contributed by atoms with Gasteiger partial charge in [-0.05, 0) is 32.4 Å². The van der Waals surface area contributed by atoms with Crippen LogP contribution in [0.3, 0.4) is 0 Å². The second-order valence-corrected chi connectivity index (χ2v) is 7.60. The largest absolute Gasteiger partial charge is 0.354 e. The van der Waals surface area contributed by atoms with Crippen molar-refractivity contribution in [1.29, 1.82) is 0 Å². The van der Waals surface area contributed by atoms with Gasteiger partial charge in [-0.3, -0.25) is 0 Å². The summed E-state index contributed by atoms with van der Waals surface area (Å²) in [5.74, 6) is 1.41. The van der Waals surface area contributed by atoms with Crippen molar-refractivity contribution in [2.75, 3.05) is 11.9 Å². The maximum Gasteiger partial charge on any atom is 0.227 e. The van der Waals surface area contributed by atoms with E-state index in [1.807, 2.05) is 26.0 Å². The van der Waals surface area contributed by atoms with Crippen molar-refractivity contribution in [2.24, 2.45) is 0 Å². The molecule has 0 radical (unpaired) electrons. The number of halogens is 2. The SMILES string of the molecule is CCCCCCCNc1nc(C)nc2c(-c3ccc(Cl)cc3Cl)c(C)nn12. The lowest BCUT2D eigenvalue weighted by molar-refractivity contribution is 0.643. The van der Waals surface area contributed by atoms with Crippen molar-refractivity contribution in [3.05, 3.63) is 39.8 Å². The summed E-state index contributed by atoms with van der Waals surface area (Å²) in [5.41, 5.74) is 3.38. The van der Waals surface area contributed by atoms with Crippen molar-refractivity contribution in [3.63, 3.8) is 0 Å². The van der Waals surface area contributed by atoms with Crippen LogP contribution in [-0.2, 0) is 0 Å². The van der Waals surface area contributed by atoms with Crippen molar-refractivity contribution < 1.29 is 0 Å². The predicted molar refractivity (Wildman–Crippen MR) is 113 cm³/mol. The molecular weight excluding hydrogens is 381 g/mol. The van der Waals surface area contributed by atoms with E-state index >= 15 is 0 Å². The van der Waals surface area contributed by atoms with Crippen LogP contribution in [-0.4, -0.2) is 26.1 Å². The fourth-order valence-corrected chi connectivity index (χ4v) is 3.70.